The van der Waals surface area contributed by atoms with Crippen molar-refractivity contribution in [1.82, 2.24) is 5.32 Å². The maximum Gasteiger partial charge on any atom is 0.188 e. The van der Waals surface area contributed by atoms with E-state index in [2.05, 4.69) is 10.3 Å². The molecule has 0 saturated heterocycles. The summed E-state index contributed by atoms with van der Waals surface area (Å²) in [6.45, 7) is 4.53. The molecule has 0 radical (unpaired) electrons. The molecule has 102 valence electrons. The van der Waals surface area contributed by atoms with Gasteiger partial charge in [0.05, 0.1) is 0 Å². The second-order valence-electron chi connectivity index (χ2n) is 4.68. The topological polar surface area (TPSA) is 59.6 Å². The van der Waals surface area contributed by atoms with Gasteiger partial charge in [-0.3, -0.25) is 4.99 Å². The molecule has 0 bridgehead atoms. The molecule has 0 heterocycles. The second kappa shape index (κ2) is 8.97. The van der Waals surface area contributed by atoms with Gasteiger partial charge in [0.1, 0.15) is 0 Å². The van der Waals surface area contributed by atoms with Gasteiger partial charge >= 0.3 is 0 Å². The first-order valence-electron chi connectivity index (χ1n) is 6.25. The van der Waals surface area contributed by atoms with E-state index in [1.165, 1.54) is 25.7 Å². The van der Waals surface area contributed by atoms with Crippen LogP contribution in [0.4, 0.5) is 0 Å². The third-order valence-corrected chi connectivity index (χ3v) is 3.44. The third kappa shape index (κ3) is 5.90. The molecule has 1 saturated carbocycles. The van der Waals surface area contributed by atoms with E-state index in [9.17, 15) is 0 Å². The smallest absolute Gasteiger partial charge is 0.188 e. The van der Waals surface area contributed by atoms with Gasteiger partial charge in [-0.1, -0.05) is 12.8 Å². The fourth-order valence-electron chi connectivity index (χ4n) is 2.42. The Balaban J connectivity index is 0.00000256. The van der Waals surface area contributed by atoms with Crippen LogP contribution >= 0.6 is 24.0 Å². The molecule has 0 aliphatic heterocycles. The number of methoxy groups -OCH3 is 1. The van der Waals surface area contributed by atoms with E-state index in [0.717, 1.165) is 26.1 Å². The van der Waals surface area contributed by atoms with Crippen molar-refractivity contribution in [1.29, 1.82) is 0 Å². The lowest BCUT2D eigenvalue weighted by Gasteiger charge is -2.26. The molecule has 0 amide bonds. The quantitative estimate of drug-likeness (QED) is 0.436. The summed E-state index contributed by atoms with van der Waals surface area (Å²) in [4.78, 5) is 4.45. The molecule has 3 N–H and O–H groups in total. The zero-order chi connectivity index (χ0) is 11.9. The number of nitrogens with two attached hydrogens (primary N) is 1. The Kier molecular flexibility index (Phi) is 8.94. The van der Waals surface area contributed by atoms with Crippen LogP contribution in [0.2, 0.25) is 0 Å². The van der Waals surface area contributed by atoms with Gasteiger partial charge in [-0.15, -0.1) is 24.0 Å². The number of rotatable bonds is 6. The molecule has 0 spiro atoms. The van der Waals surface area contributed by atoms with Crippen LogP contribution in [-0.4, -0.2) is 32.8 Å². The highest BCUT2D eigenvalue weighted by Gasteiger charge is 2.33. The van der Waals surface area contributed by atoms with Crippen LogP contribution in [0.15, 0.2) is 4.99 Å². The maximum atomic E-state index is 5.76. The Morgan fingerprint density at radius 1 is 1.41 bits per heavy atom. The zero-order valence-electron chi connectivity index (χ0n) is 11.0. The fourth-order valence-corrected chi connectivity index (χ4v) is 2.42. The van der Waals surface area contributed by atoms with Crippen molar-refractivity contribution >= 4 is 29.9 Å². The fraction of sp³-hybridized carbons (Fsp3) is 0.917. The van der Waals surface area contributed by atoms with Crippen LogP contribution in [0.1, 0.15) is 39.0 Å². The number of nitrogens with one attached hydrogen (secondary N) is 1. The van der Waals surface area contributed by atoms with E-state index in [1.54, 1.807) is 7.11 Å². The lowest BCUT2D eigenvalue weighted by atomic mass is 9.83. The van der Waals surface area contributed by atoms with Crippen LogP contribution in [0.3, 0.4) is 0 Å². The lowest BCUT2D eigenvalue weighted by Crippen LogP contribution is -2.33. The van der Waals surface area contributed by atoms with Gasteiger partial charge in [0, 0.05) is 26.8 Å². The Labute approximate surface area is 122 Å². The Morgan fingerprint density at radius 2 is 2.06 bits per heavy atom. The second-order valence-corrected chi connectivity index (χ2v) is 4.68. The molecular weight excluding hydrogens is 329 g/mol. The van der Waals surface area contributed by atoms with E-state index in [-0.39, 0.29) is 24.0 Å². The third-order valence-electron chi connectivity index (χ3n) is 3.44. The van der Waals surface area contributed by atoms with Crippen molar-refractivity contribution in [2.75, 3.05) is 26.8 Å². The molecule has 0 aromatic carbocycles. The first-order valence-corrected chi connectivity index (χ1v) is 6.25. The standard InChI is InChI=1S/C12H25N3O.HI/c1-3-14-11(13)15-10-12(8-9-16-2)6-4-5-7-12;/h3-10H2,1-2H3,(H3,13,14,15);1H. The Morgan fingerprint density at radius 3 is 2.59 bits per heavy atom. The van der Waals surface area contributed by atoms with Crippen molar-refractivity contribution in [3.8, 4) is 0 Å². The normalized spacial score (nSPS) is 18.8. The summed E-state index contributed by atoms with van der Waals surface area (Å²) in [5.74, 6) is 0.575. The van der Waals surface area contributed by atoms with E-state index in [4.69, 9.17) is 10.5 Å². The predicted octanol–water partition coefficient (Wildman–Crippen LogP) is 2.13. The number of halogens is 1. The van der Waals surface area contributed by atoms with Gasteiger partial charge in [-0.05, 0) is 31.6 Å². The minimum atomic E-state index is 0. The van der Waals surface area contributed by atoms with E-state index in [1.807, 2.05) is 6.92 Å². The molecule has 0 unspecified atom stereocenters. The molecule has 1 fully saturated rings. The molecule has 0 atom stereocenters. The van der Waals surface area contributed by atoms with Crippen molar-refractivity contribution in [2.24, 2.45) is 16.1 Å². The van der Waals surface area contributed by atoms with Crippen molar-refractivity contribution < 1.29 is 4.74 Å². The first-order chi connectivity index (χ1) is 7.72. The molecule has 0 aromatic heterocycles. The van der Waals surface area contributed by atoms with Crippen LogP contribution < -0.4 is 11.1 Å². The molecule has 1 rings (SSSR count). The maximum absolute atomic E-state index is 5.76. The average molecular weight is 355 g/mol. The molecule has 5 heteroatoms. The molecule has 1 aliphatic rings. The minimum Gasteiger partial charge on any atom is -0.385 e. The SMILES string of the molecule is CCNC(N)=NCC1(CCOC)CCCC1.I. The summed E-state index contributed by atoms with van der Waals surface area (Å²) in [6, 6.07) is 0. The minimum absolute atomic E-state index is 0. The van der Waals surface area contributed by atoms with E-state index in [0.29, 0.717) is 11.4 Å². The number of hydrogen-bond donors (Lipinski definition) is 2. The molecule has 4 nitrogen and oxygen atoms in total. The molecule has 0 aromatic rings. The van der Waals surface area contributed by atoms with Crippen molar-refractivity contribution in [2.45, 2.75) is 39.0 Å². The largest absolute Gasteiger partial charge is 0.385 e. The van der Waals surface area contributed by atoms with Crippen molar-refractivity contribution in [3.05, 3.63) is 0 Å². The zero-order valence-corrected chi connectivity index (χ0v) is 13.3. The summed E-state index contributed by atoms with van der Waals surface area (Å²) in [5, 5.41) is 3.04. The molecular formula is C12H26IN3O. The highest BCUT2D eigenvalue weighted by atomic mass is 127. The lowest BCUT2D eigenvalue weighted by molar-refractivity contribution is 0.141. The summed E-state index contributed by atoms with van der Waals surface area (Å²) in [7, 11) is 1.76. The van der Waals surface area contributed by atoms with Crippen LogP contribution in [-0.2, 0) is 4.74 Å². The number of guanidine groups is 1. The summed E-state index contributed by atoms with van der Waals surface area (Å²) in [5.41, 5.74) is 6.10. The van der Waals surface area contributed by atoms with Crippen LogP contribution in [0.5, 0.6) is 0 Å². The van der Waals surface area contributed by atoms with Gasteiger partial charge in [-0.2, -0.15) is 0 Å². The van der Waals surface area contributed by atoms with Crippen LogP contribution in [0, 0.1) is 5.41 Å². The van der Waals surface area contributed by atoms with Gasteiger partial charge in [0.25, 0.3) is 0 Å². The predicted molar refractivity (Wildman–Crippen MR) is 83.0 cm³/mol. The number of ether oxygens (including phenoxy) is 1. The van der Waals surface area contributed by atoms with Gasteiger partial charge in [0.2, 0.25) is 0 Å². The highest BCUT2D eigenvalue weighted by Crippen LogP contribution is 2.41. The first kappa shape index (κ1) is 17.0. The summed E-state index contributed by atoms with van der Waals surface area (Å²) >= 11 is 0. The highest BCUT2D eigenvalue weighted by molar-refractivity contribution is 14.0. The van der Waals surface area contributed by atoms with Gasteiger partial charge in [0.15, 0.2) is 5.96 Å². The molecule has 1 aliphatic carbocycles. The van der Waals surface area contributed by atoms with Crippen LogP contribution in [0.25, 0.3) is 0 Å². The number of aliphatic imine (C=N–C) groups is 1. The van der Waals surface area contributed by atoms with Gasteiger partial charge in [-0.25, -0.2) is 0 Å². The number of nitrogens with zero attached hydrogens (tertiary/aromatic N) is 1. The van der Waals surface area contributed by atoms with Gasteiger partial charge < -0.3 is 15.8 Å². The van der Waals surface area contributed by atoms with Crippen molar-refractivity contribution in [3.63, 3.8) is 0 Å². The average Bonchev–Trinajstić information content (AvgIpc) is 2.74. The van der Waals surface area contributed by atoms with E-state index < -0.39 is 0 Å². The van der Waals surface area contributed by atoms with E-state index >= 15 is 0 Å². The summed E-state index contributed by atoms with van der Waals surface area (Å²) < 4.78 is 5.19. The monoisotopic (exact) mass is 355 g/mol. The molecule has 17 heavy (non-hydrogen) atoms. The Hall–Kier alpha value is -0.0400. The number of hydrogen-bond acceptors (Lipinski definition) is 2. The Bertz CT molecular complexity index is 228. The summed E-state index contributed by atoms with van der Waals surface area (Å²) in [6.07, 6.45) is 6.27.